The average molecular weight is 251 g/mol. The number of nitrogens with zero attached hydrogens (tertiary/aromatic N) is 1. The first-order valence-electron chi connectivity index (χ1n) is 5.80. The van der Waals surface area contributed by atoms with Crippen molar-refractivity contribution in [1.29, 1.82) is 0 Å². The minimum atomic E-state index is -0.0344. The number of carbonyl (C=O) groups excluding carboxylic acids is 1. The number of hydrogen-bond donors (Lipinski definition) is 2. The molecule has 1 heterocycles. The zero-order valence-corrected chi connectivity index (χ0v) is 10.3. The van der Waals surface area contributed by atoms with Gasteiger partial charge in [0.25, 0.3) is 0 Å². The Bertz CT molecular complexity index is 437. The van der Waals surface area contributed by atoms with Crippen molar-refractivity contribution in [2.45, 2.75) is 0 Å². The fourth-order valence-electron chi connectivity index (χ4n) is 1.80. The second kappa shape index (κ2) is 5.48. The van der Waals surface area contributed by atoms with Gasteiger partial charge in [-0.1, -0.05) is 0 Å². The normalized spacial score (nSPS) is 14.5. The maximum absolute atomic E-state index is 11.3. The Hall–Kier alpha value is -2.11. The lowest BCUT2D eigenvalue weighted by Crippen LogP contribution is -2.31. The van der Waals surface area contributed by atoms with E-state index in [9.17, 15) is 4.79 Å². The average Bonchev–Trinajstić information content (AvgIpc) is 2.75. The van der Waals surface area contributed by atoms with Crippen molar-refractivity contribution >= 4 is 11.7 Å². The minimum Gasteiger partial charge on any atom is -0.495 e. The van der Waals surface area contributed by atoms with Crippen LogP contribution >= 0.6 is 0 Å². The van der Waals surface area contributed by atoms with Crippen LogP contribution in [-0.4, -0.2) is 44.3 Å². The molecule has 98 valence electrons. The summed E-state index contributed by atoms with van der Waals surface area (Å²) in [6.07, 6.45) is 0. The molecule has 2 rings (SSSR count). The van der Waals surface area contributed by atoms with Crippen molar-refractivity contribution in [3.8, 4) is 11.5 Å². The first-order valence-corrected chi connectivity index (χ1v) is 5.80. The number of rotatable bonds is 5. The van der Waals surface area contributed by atoms with Gasteiger partial charge in [0.05, 0.1) is 19.3 Å². The molecule has 1 aliphatic heterocycles. The lowest BCUT2D eigenvalue weighted by molar-refractivity contribution is 0.202. The Kier molecular flexibility index (Phi) is 3.76. The standard InChI is InChI=1S/C12H17N3O3/c1-17-11-3-2-9(8-10(11)13)18-7-6-15-5-4-14-12(15)16/h2-3,8H,4-7,13H2,1H3,(H,14,16). The van der Waals surface area contributed by atoms with Gasteiger partial charge in [0.2, 0.25) is 0 Å². The van der Waals surface area contributed by atoms with Gasteiger partial charge >= 0.3 is 6.03 Å². The second-order valence-electron chi connectivity index (χ2n) is 3.97. The van der Waals surface area contributed by atoms with Gasteiger partial charge in [0.1, 0.15) is 18.1 Å². The third-order valence-corrected chi connectivity index (χ3v) is 2.78. The van der Waals surface area contributed by atoms with Crippen LogP contribution in [0.3, 0.4) is 0 Å². The number of nitrogens with one attached hydrogen (secondary N) is 1. The number of methoxy groups -OCH3 is 1. The molecule has 3 N–H and O–H groups in total. The van der Waals surface area contributed by atoms with Crippen molar-refractivity contribution in [2.24, 2.45) is 0 Å². The van der Waals surface area contributed by atoms with E-state index in [0.717, 1.165) is 6.54 Å². The number of ether oxygens (including phenoxy) is 2. The molecule has 1 aliphatic rings. The van der Waals surface area contributed by atoms with E-state index in [0.29, 0.717) is 36.9 Å². The quantitative estimate of drug-likeness (QED) is 0.754. The van der Waals surface area contributed by atoms with Crippen LogP contribution in [0.15, 0.2) is 18.2 Å². The SMILES string of the molecule is COc1ccc(OCCN2CCNC2=O)cc1N. The predicted molar refractivity (Wildman–Crippen MR) is 67.9 cm³/mol. The Morgan fingerprint density at radius 3 is 2.94 bits per heavy atom. The van der Waals surface area contributed by atoms with E-state index in [1.807, 2.05) is 0 Å². The topological polar surface area (TPSA) is 76.8 Å². The maximum atomic E-state index is 11.3. The number of carbonyl (C=O) groups is 1. The molecule has 6 heteroatoms. The van der Waals surface area contributed by atoms with Gasteiger partial charge in [-0.15, -0.1) is 0 Å². The van der Waals surface area contributed by atoms with Crippen molar-refractivity contribution in [3.05, 3.63) is 18.2 Å². The molecule has 0 unspecified atom stereocenters. The Morgan fingerprint density at radius 1 is 1.50 bits per heavy atom. The van der Waals surface area contributed by atoms with E-state index < -0.39 is 0 Å². The molecule has 0 atom stereocenters. The summed E-state index contributed by atoms with van der Waals surface area (Å²) in [6.45, 7) is 2.44. The molecule has 1 saturated heterocycles. The number of nitrogen functional groups attached to an aromatic ring is 1. The summed E-state index contributed by atoms with van der Waals surface area (Å²) in [5, 5.41) is 2.74. The Morgan fingerprint density at radius 2 is 2.33 bits per heavy atom. The molecular formula is C12H17N3O3. The molecule has 0 bridgehead atoms. The fourth-order valence-corrected chi connectivity index (χ4v) is 1.80. The highest BCUT2D eigenvalue weighted by molar-refractivity contribution is 5.76. The highest BCUT2D eigenvalue weighted by Gasteiger charge is 2.18. The van der Waals surface area contributed by atoms with Gasteiger partial charge in [-0.2, -0.15) is 0 Å². The van der Waals surface area contributed by atoms with Gasteiger partial charge in [0.15, 0.2) is 0 Å². The van der Waals surface area contributed by atoms with Gasteiger partial charge in [0, 0.05) is 19.2 Å². The largest absolute Gasteiger partial charge is 0.495 e. The molecule has 0 aromatic heterocycles. The van der Waals surface area contributed by atoms with Gasteiger partial charge in [-0.25, -0.2) is 4.79 Å². The van der Waals surface area contributed by atoms with Crippen LogP contribution in [0.4, 0.5) is 10.5 Å². The van der Waals surface area contributed by atoms with Crippen molar-refractivity contribution in [1.82, 2.24) is 10.2 Å². The van der Waals surface area contributed by atoms with Gasteiger partial charge in [-0.05, 0) is 12.1 Å². The van der Waals surface area contributed by atoms with Crippen LogP contribution in [0.25, 0.3) is 0 Å². The lowest BCUT2D eigenvalue weighted by atomic mass is 10.3. The molecule has 0 aliphatic carbocycles. The first kappa shape index (κ1) is 12.3. The molecule has 1 aromatic carbocycles. The van der Waals surface area contributed by atoms with E-state index in [1.165, 1.54) is 0 Å². The van der Waals surface area contributed by atoms with E-state index >= 15 is 0 Å². The van der Waals surface area contributed by atoms with Crippen LogP contribution in [0, 0.1) is 0 Å². The lowest BCUT2D eigenvalue weighted by Gasteiger charge is -2.15. The molecule has 1 aromatic rings. The smallest absolute Gasteiger partial charge is 0.317 e. The van der Waals surface area contributed by atoms with Crippen molar-refractivity contribution in [3.63, 3.8) is 0 Å². The monoisotopic (exact) mass is 251 g/mol. The fraction of sp³-hybridized carbons (Fsp3) is 0.417. The number of urea groups is 1. The molecular weight excluding hydrogens is 234 g/mol. The molecule has 0 spiro atoms. The van der Waals surface area contributed by atoms with Gasteiger partial charge < -0.3 is 25.4 Å². The zero-order valence-electron chi connectivity index (χ0n) is 10.3. The number of nitrogens with two attached hydrogens (primary N) is 1. The predicted octanol–water partition coefficient (Wildman–Crippen LogP) is 0.681. The molecule has 18 heavy (non-hydrogen) atoms. The Labute approximate surface area is 106 Å². The number of amides is 2. The van der Waals surface area contributed by atoms with Crippen LogP contribution in [-0.2, 0) is 0 Å². The summed E-state index contributed by atoms with van der Waals surface area (Å²) in [6, 6.07) is 5.22. The number of anilines is 1. The highest BCUT2D eigenvalue weighted by Crippen LogP contribution is 2.25. The van der Waals surface area contributed by atoms with Crippen LogP contribution in [0.5, 0.6) is 11.5 Å². The van der Waals surface area contributed by atoms with E-state index in [2.05, 4.69) is 5.32 Å². The van der Waals surface area contributed by atoms with Crippen molar-refractivity contribution < 1.29 is 14.3 Å². The summed E-state index contributed by atoms with van der Waals surface area (Å²) >= 11 is 0. The summed E-state index contributed by atoms with van der Waals surface area (Å²) in [4.78, 5) is 13.0. The van der Waals surface area contributed by atoms with Crippen LogP contribution in [0.1, 0.15) is 0 Å². The summed E-state index contributed by atoms with van der Waals surface area (Å²) in [5.41, 5.74) is 6.30. The summed E-state index contributed by atoms with van der Waals surface area (Å²) < 4.78 is 10.6. The highest BCUT2D eigenvalue weighted by atomic mass is 16.5. The minimum absolute atomic E-state index is 0.0344. The number of hydrogen-bond acceptors (Lipinski definition) is 4. The number of benzene rings is 1. The second-order valence-corrected chi connectivity index (χ2v) is 3.97. The van der Waals surface area contributed by atoms with E-state index in [4.69, 9.17) is 15.2 Å². The molecule has 0 radical (unpaired) electrons. The first-order chi connectivity index (χ1) is 8.70. The van der Waals surface area contributed by atoms with Crippen LogP contribution in [0.2, 0.25) is 0 Å². The summed E-state index contributed by atoms with van der Waals surface area (Å²) in [7, 11) is 1.57. The third kappa shape index (κ3) is 2.77. The van der Waals surface area contributed by atoms with E-state index in [1.54, 1.807) is 30.2 Å². The maximum Gasteiger partial charge on any atom is 0.317 e. The molecule has 0 saturated carbocycles. The third-order valence-electron chi connectivity index (χ3n) is 2.78. The Balaban J connectivity index is 1.83. The zero-order chi connectivity index (χ0) is 13.0. The van der Waals surface area contributed by atoms with Gasteiger partial charge in [-0.3, -0.25) is 0 Å². The van der Waals surface area contributed by atoms with E-state index in [-0.39, 0.29) is 6.03 Å². The van der Waals surface area contributed by atoms with Crippen LogP contribution < -0.4 is 20.5 Å². The summed E-state index contributed by atoms with van der Waals surface area (Å²) in [5.74, 6) is 1.30. The molecule has 2 amide bonds. The molecule has 6 nitrogen and oxygen atoms in total. The molecule has 1 fully saturated rings. The van der Waals surface area contributed by atoms with Crippen molar-refractivity contribution in [2.75, 3.05) is 39.1 Å².